The van der Waals surface area contributed by atoms with Crippen LogP contribution in [0.25, 0.3) is 0 Å². The molecule has 0 aromatic carbocycles. The molecule has 2 rings (SSSR count). The molecule has 2 heterocycles. The number of hydrogen-bond acceptors (Lipinski definition) is 5. The van der Waals surface area contributed by atoms with Gasteiger partial charge in [-0.25, -0.2) is 0 Å². The zero-order valence-electron chi connectivity index (χ0n) is 11.2. The highest BCUT2D eigenvalue weighted by atomic mass is 32.2. The summed E-state index contributed by atoms with van der Waals surface area (Å²) in [5, 5.41) is 17.8. The van der Waals surface area contributed by atoms with Gasteiger partial charge in [0.05, 0.1) is 11.9 Å². The highest BCUT2D eigenvalue weighted by molar-refractivity contribution is 7.99. The summed E-state index contributed by atoms with van der Waals surface area (Å²) in [7, 11) is 0. The number of rotatable bonds is 5. The lowest BCUT2D eigenvalue weighted by atomic mass is 10.0. The number of carboxylic acid groups (broad SMARTS) is 1. The molecule has 1 aromatic rings. The maximum Gasteiger partial charge on any atom is 0.313 e. The van der Waals surface area contributed by atoms with E-state index < -0.39 is 5.97 Å². The highest BCUT2D eigenvalue weighted by Crippen LogP contribution is 2.30. The van der Waals surface area contributed by atoms with E-state index >= 15 is 0 Å². The van der Waals surface area contributed by atoms with E-state index in [9.17, 15) is 4.79 Å². The van der Waals surface area contributed by atoms with E-state index in [1.807, 2.05) is 6.92 Å². The number of carboxylic acids is 1. The Bertz CT molecular complexity index is 449. The van der Waals surface area contributed by atoms with Crippen molar-refractivity contribution in [2.24, 2.45) is 0 Å². The Hall–Kier alpha value is -1.08. The SMILES string of the molecule is CCc1nnc(SCC(=O)O)n1C1CCOC(C)C1. The number of aromatic nitrogens is 3. The van der Waals surface area contributed by atoms with Gasteiger partial charge in [-0.1, -0.05) is 18.7 Å². The van der Waals surface area contributed by atoms with Gasteiger partial charge in [0.2, 0.25) is 0 Å². The molecule has 2 atom stereocenters. The van der Waals surface area contributed by atoms with E-state index in [1.54, 1.807) is 0 Å². The second-order valence-electron chi connectivity index (χ2n) is 4.66. The minimum atomic E-state index is -0.835. The van der Waals surface area contributed by atoms with Gasteiger partial charge in [-0.2, -0.15) is 0 Å². The number of ether oxygens (including phenoxy) is 1. The molecule has 1 aliphatic heterocycles. The number of aryl methyl sites for hydroxylation is 1. The second kappa shape index (κ2) is 6.38. The maximum absolute atomic E-state index is 10.7. The van der Waals surface area contributed by atoms with Crippen LogP contribution in [-0.4, -0.2) is 44.3 Å². The standard InChI is InChI=1S/C12H19N3O3S/c1-3-10-13-14-12(19-7-11(16)17)15(10)9-4-5-18-8(2)6-9/h8-9H,3-7H2,1-2H3,(H,16,17). The summed E-state index contributed by atoms with van der Waals surface area (Å²) in [4.78, 5) is 10.7. The zero-order valence-corrected chi connectivity index (χ0v) is 12.0. The number of nitrogens with zero attached hydrogens (tertiary/aromatic N) is 3. The van der Waals surface area contributed by atoms with Crippen molar-refractivity contribution in [2.75, 3.05) is 12.4 Å². The summed E-state index contributed by atoms with van der Waals surface area (Å²) in [6.07, 6.45) is 2.87. The van der Waals surface area contributed by atoms with Gasteiger partial charge >= 0.3 is 5.97 Å². The predicted molar refractivity (Wildman–Crippen MR) is 71.4 cm³/mol. The Morgan fingerprint density at radius 1 is 1.58 bits per heavy atom. The van der Waals surface area contributed by atoms with Gasteiger partial charge < -0.3 is 14.4 Å². The average molecular weight is 285 g/mol. The van der Waals surface area contributed by atoms with Gasteiger partial charge in [-0.05, 0) is 19.8 Å². The van der Waals surface area contributed by atoms with Crippen LogP contribution in [0.15, 0.2) is 5.16 Å². The van der Waals surface area contributed by atoms with Crippen molar-refractivity contribution in [1.82, 2.24) is 14.8 Å². The fourth-order valence-corrected chi connectivity index (χ4v) is 3.09. The van der Waals surface area contributed by atoms with Gasteiger partial charge in [0.25, 0.3) is 0 Å². The monoisotopic (exact) mass is 285 g/mol. The molecular formula is C12H19N3O3S. The Balaban J connectivity index is 2.20. The quantitative estimate of drug-likeness (QED) is 0.831. The molecule has 1 N–H and O–H groups in total. The van der Waals surface area contributed by atoms with E-state index in [0.29, 0.717) is 11.2 Å². The largest absolute Gasteiger partial charge is 0.481 e. The normalized spacial score (nSPS) is 23.5. The van der Waals surface area contributed by atoms with Crippen LogP contribution in [0.4, 0.5) is 0 Å². The molecule has 7 heteroatoms. The second-order valence-corrected chi connectivity index (χ2v) is 5.61. The van der Waals surface area contributed by atoms with Gasteiger partial charge in [-0.15, -0.1) is 10.2 Å². The molecular weight excluding hydrogens is 266 g/mol. The van der Waals surface area contributed by atoms with Crippen LogP contribution in [0.2, 0.25) is 0 Å². The highest BCUT2D eigenvalue weighted by Gasteiger charge is 2.25. The summed E-state index contributed by atoms with van der Waals surface area (Å²) < 4.78 is 7.67. The number of aliphatic carboxylic acids is 1. The Morgan fingerprint density at radius 3 is 3.00 bits per heavy atom. The zero-order chi connectivity index (χ0) is 13.8. The van der Waals surface area contributed by atoms with Gasteiger partial charge in [0.15, 0.2) is 5.16 Å². The smallest absolute Gasteiger partial charge is 0.313 e. The van der Waals surface area contributed by atoms with Crippen LogP contribution in [0.1, 0.15) is 38.6 Å². The lowest BCUT2D eigenvalue weighted by Gasteiger charge is -2.29. The lowest BCUT2D eigenvalue weighted by molar-refractivity contribution is -0.133. The molecule has 0 amide bonds. The van der Waals surface area contributed by atoms with E-state index in [-0.39, 0.29) is 11.9 Å². The van der Waals surface area contributed by atoms with Crippen LogP contribution < -0.4 is 0 Å². The molecule has 6 nitrogen and oxygen atoms in total. The van der Waals surface area contributed by atoms with E-state index in [1.165, 1.54) is 11.8 Å². The Labute approximate surface area is 116 Å². The third-order valence-electron chi connectivity index (χ3n) is 3.20. The van der Waals surface area contributed by atoms with Crippen molar-refractivity contribution in [3.8, 4) is 0 Å². The predicted octanol–water partition coefficient (Wildman–Crippen LogP) is 1.76. The van der Waals surface area contributed by atoms with Gasteiger partial charge in [0, 0.05) is 19.1 Å². The van der Waals surface area contributed by atoms with Gasteiger partial charge in [0.1, 0.15) is 5.82 Å². The van der Waals surface area contributed by atoms with E-state index in [2.05, 4.69) is 21.7 Å². The summed E-state index contributed by atoms with van der Waals surface area (Å²) in [6.45, 7) is 4.83. The summed E-state index contributed by atoms with van der Waals surface area (Å²) in [5.74, 6) is 0.102. The molecule has 106 valence electrons. The topological polar surface area (TPSA) is 77.2 Å². The lowest BCUT2D eigenvalue weighted by Crippen LogP contribution is -2.27. The molecule has 0 aliphatic carbocycles. The third-order valence-corrected chi connectivity index (χ3v) is 4.13. The van der Waals surface area contributed by atoms with Crippen molar-refractivity contribution in [2.45, 2.75) is 50.4 Å². The van der Waals surface area contributed by atoms with Crippen molar-refractivity contribution in [3.63, 3.8) is 0 Å². The summed E-state index contributed by atoms with van der Waals surface area (Å²) >= 11 is 1.24. The minimum Gasteiger partial charge on any atom is -0.481 e. The molecule has 0 spiro atoms. The van der Waals surface area contributed by atoms with Crippen molar-refractivity contribution in [1.29, 1.82) is 0 Å². The minimum absolute atomic E-state index is 0.0145. The van der Waals surface area contributed by atoms with Crippen molar-refractivity contribution < 1.29 is 14.6 Å². The number of thioether (sulfide) groups is 1. The van der Waals surface area contributed by atoms with Crippen LogP contribution in [0.5, 0.6) is 0 Å². The Morgan fingerprint density at radius 2 is 2.37 bits per heavy atom. The first-order valence-electron chi connectivity index (χ1n) is 6.51. The van der Waals surface area contributed by atoms with Crippen LogP contribution in [0.3, 0.4) is 0 Å². The summed E-state index contributed by atoms with van der Waals surface area (Å²) in [5.41, 5.74) is 0. The van der Waals surface area contributed by atoms with Crippen LogP contribution in [-0.2, 0) is 16.0 Å². The molecule has 0 saturated carbocycles. The first-order chi connectivity index (χ1) is 9.11. The molecule has 1 fully saturated rings. The van der Waals surface area contributed by atoms with Crippen molar-refractivity contribution >= 4 is 17.7 Å². The van der Waals surface area contributed by atoms with E-state index in [0.717, 1.165) is 31.7 Å². The third kappa shape index (κ3) is 3.48. The average Bonchev–Trinajstić information content (AvgIpc) is 2.79. The van der Waals surface area contributed by atoms with Gasteiger partial charge in [-0.3, -0.25) is 4.79 Å². The Kier molecular flexibility index (Phi) is 4.81. The molecule has 0 radical (unpaired) electrons. The molecule has 1 saturated heterocycles. The van der Waals surface area contributed by atoms with Crippen molar-refractivity contribution in [3.05, 3.63) is 5.82 Å². The van der Waals surface area contributed by atoms with Crippen LogP contribution >= 0.6 is 11.8 Å². The first-order valence-corrected chi connectivity index (χ1v) is 7.50. The van der Waals surface area contributed by atoms with Crippen LogP contribution in [0, 0.1) is 0 Å². The fraction of sp³-hybridized carbons (Fsp3) is 0.750. The number of hydrogen-bond donors (Lipinski definition) is 1. The first kappa shape index (κ1) is 14.3. The molecule has 0 bridgehead atoms. The molecule has 2 unspecified atom stereocenters. The molecule has 19 heavy (non-hydrogen) atoms. The van der Waals surface area contributed by atoms with E-state index in [4.69, 9.17) is 9.84 Å². The summed E-state index contributed by atoms with van der Waals surface area (Å²) in [6, 6.07) is 0.310. The maximum atomic E-state index is 10.7. The molecule has 1 aliphatic rings. The fourth-order valence-electron chi connectivity index (χ4n) is 2.35. The molecule has 1 aromatic heterocycles. The number of carbonyl (C=O) groups is 1.